The molecule has 1 aliphatic carbocycles. The van der Waals surface area contributed by atoms with Crippen LogP contribution in [0, 0.1) is 6.92 Å². The molecule has 2 heterocycles. The van der Waals surface area contributed by atoms with Gasteiger partial charge in [-0.2, -0.15) is 0 Å². The van der Waals surface area contributed by atoms with Crippen molar-refractivity contribution in [3.05, 3.63) is 76.3 Å². The summed E-state index contributed by atoms with van der Waals surface area (Å²) in [5.41, 5.74) is 14.0. The van der Waals surface area contributed by atoms with Gasteiger partial charge in [-0.25, -0.2) is 8.42 Å². The fraction of sp³-hybridized carbons (Fsp3) is 0.333. The fourth-order valence-electron chi connectivity index (χ4n) is 6.19. The quantitative estimate of drug-likeness (QED) is 0.425. The van der Waals surface area contributed by atoms with Gasteiger partial charge in [-0.15, -0.1) is 0 Å². The predicted octanol–water partition coefficient (Wildman–Crippen LogP) is 3.26. The highest BCUT2D eigenvalue weighted by atomic mass is 32.2. The summed E-state index contributed by atoms with van der Waals surface area (Å²) in [6, 6.07) is 15.2. The van der Waals surface area contributed by atoms with Crippen molar-refractivity contribution in [1.29, 1.82) is 0 Å². The fourth-order valence-corrected chi connectivity index (χ4v) is 7.81. The maximum atomic E-state index is 13.3. The third kappa shape index (κ3) is 4.30. The van der Waals surface area contributed by atoms with Gasteiger partial charge in [0.15, 0.2) is 0 Å². The standard InChI is InChI=1S/C30H32N4O4S/c1-19-22(5-3-6-27(19)34-11-4-16-39(34,37)38)24-9-10-25(29(31)35)26-18-21-17-20(7-8-23(21)28(24)26)30(36)33-14-12-32(2)13-15-33/h3,5-10,17H,4,11-16,18H2,1-2H3,(H2,31,35). The van der Waals surface area contributed by atoms with Crippen molar-refractivity contribution in [2.24, 2.45) is 5.73 Å². The largest absolute Gasteiger partial charge is 0.366 e. The minimum absolute atomic E-state index is 0.0209. The van der Waals surface area contributed by atoms with Crippen LogP contribution in [-0.2, 0) is 16.4 Å². The molecule has 0 spiro atoms. The zero-order chi connectivity index (χ0) is 27.5. The first kappa shape index (κ1) is 25.6. The van der Waals surface area contributed by atoms with E-state index in [4.69, 9.17) is 5.73 Å². The van der Waals surface area contributed by atoms with Crippen LogP contribution in [-0.4, -0.2) is 75.6 Å². The Hall–Kier alpha value is -3.69. The van der Waals surface area contributed by atoms with Crippen molar-refractivity contribution >= 4 is 27.5 Å². The van der Waals surface area contributed by atoms with Crippen molar-refractivity contribution in [2.75, 3.05) is 49.8 Å². The molecule has 0 bridgehead atoms. The Kier molecular flexibility index (Phi) is 6.23. The number of rotatable bonds is 4. The summed E-state index contributed by atoms with van der Waals surface area (Å²) in [6.07, 6.45) is 1.11. The molecule has 39 heavy (non-hydrogen) atoms. The van der Waals surface area contributed by atoms with Crippen LogP contribution >= 0.6 is 0 Å². The third-order valence-electron chi connectivity index (χ3n) is 8.32. The Morgan fingerprint density at radius 1 is 0.897 bits per heavy atom. The molecule has 0 radical (unpaired) electrons. The van der Waals surface area contributed by atoms with Gasteiger partial charge in [-0.05, 0) is 90.0 Å². The van der Waals surface area contributed by atoms with E-state index in [9.17, 15) is 18.0 Å². The van der Waals surface area contributed by atoms with E-state index < -0.39 is 15.9 Å². The first-order valence-electron chi connectivity index (χ1n) is 13.3. The van der Waals surface area contributed by atoms with Crippen LogP contribution in [0.1, 0.15) is 43.8 Å². The van der Waals surface area contributed by atoms with Crippen molar-refractivity contribution in [1.82, 2.24) is 9.80 Å². The summed E-state index contributed by atoms with van der Waals surface area (Å²) in [5, 5.41) is 0. The number of primary amides is 1. The van der Waals surface area contributed by atoms with E-state index in [-0.39, 0.29) is 11.7 Å². The summed E-state index contributed by atoms with van der Waals surface area (Å²) in [4.78, 5) is 29.8. The average molecular weight is 545 g/mol. The number of anilines is 1. The molecule has 202 valence electrons. The highest BCUT2D eigenvalue weighted by Crippen LogP contribution is 2.46. The molecule has 3 aromatic rings. The summed E-state index contributed by atoms with van der Waals surface area (Å²) >= 11 is 0. The molecule has 3 aliphatic rings. The lowest BCUT2D eigenvalue weighted by Crippen LogP contribution is -2.47. The van der Waals surface area contributed by atoms with Crippen LogP contribution in [0.25, 0.3) is 22.3 Å². The van der Waals surface area contributed by atoms with E-state index in [0.29, 0.717) is 49.3 Å². The Morgan fingerprint density at radius 2 is 1.64 bits per heavy atom. The van der Waals surface area contributed by atoms with Gasteiger partial charge in [0.1, 0.15) is 0 Å². The van der Waals surface area contributed by atoms with E-state index in [1.165, 1.54) is 4.31 Å². The molecule has 6 rings (SSSR count). The molecule has 8 nitrogen and oxygen atoms in total. The molecule has 9 heteroatoms. The van der Waals surface area contributed by atoms with Crippen LogP contribution in [0.3, 0.4) is 0 Å². The normalized spacial score (nSPS) is 18.2. The summed E-state index contributed by atoms with van der Waals surface area (Å²) in [6.45, 7) is 5.52. The Labute approximate surface area is 229 Å². The highest BCUT2D eigenvalue weighted by Gasteiger charge is 2.32. The molecule has 2 N–H and O–H groups in total. The number of nitrogens with two attached hydrogens (primary N) is 1. The number of hydrogen-bond donors (Lipinski definition) is 1. The minimum atomic E-state index is -3.33. The predicted molar refractivity (Wildman–Crippen MR) is 153 cm³/mol. The molecule has 0 unspecified atom stereocenters. The van der Waals surface area contributed by atoms with Crippen molar-refractivity contribution in [2.45, 2.75) is 19.8 Å². The number of fused-ring (bicyclic) bond motifs is 3. The topological polar surface area (TPSA) is 104 Å². The van der Waals surface area contributed by atoms with Crippen LogP contribution in [0.5, 0.6) is 0 Å². The number of likely N-dealkylation sites (N-methyl/N-ethyl adjacent to an activating group) is 1. The number of hydrogen-bond acceptors (Lipinski definition) is 5. The second kappa shape index (κ2) is 9.50. The molecule has 2 fully saturated rings. The van der Waals surface area contributed by atoms with Gasteiger partial charge < -0.3 is 15.5 Å². The monoisotopic (exact) mass is 544 g/mol. The van der Waals surface area contributed by atoms with Gasteiger partial charge in [-0.3, -0.25) is 13.9 Å². The number of sulfonamides is 1. The van der Waals surface area contributed by atoms with Crippen LogP contribution in [0.2, 0.25) is 0 Å². The van der Waals surface area contributed by atoms with Crippen molar-refractivity contribution in [3.8, 4) is 22.3 Å². The second-order valence-corrected chi connectivity index (χ2v) is 12.7. The van der Waals surface area contributed by atoms with E-state index >= 15 is 0 Å². The Bertz CT molecular complexity index is 1620. The molecule has 2 saturated heterocycles. The Morgan fingerprint density at radius 3 is 2.33 bits per heavy atom. The molecule has 2 amide bonds. The minimum Gasteiger partial charge on any atom is -0.366 e. The van der Waals surface area contributed by atoms with Gasteiger partial charge >= 0.3 is 0 Å². The van der Waals surface area contributed by atoms with Gasteiger partial charge in [0.2, 0.25) is 15.9 Å². The number of amides is 2. The smallest absolute Gasteiger partial charge is 0.253 e. The van der Waals surface area contributed by atoms with E-state index in [1.807, 2.05) is 54.3 Å². The number of carbonyl (C=O) groups excluding carboxylic acids is 2. The number of piperazine rings is 1. The van der Waals surface area contributed by atoms with E-state index in [0.717, 1.165) is 52.0 Å². The number of nitrogens with zero attached hydrogens (tertiary/aromatic N) is 3. The maximum absolute atomic E-state index is 13.3. The lowest BCUT2D eigenvalue weighted by Gasteiger charge is -2.32. The van der Waals surface area contributed by atoms with Crippen LogP contribution in [0.15, 0.2) is 48.5 Å². The van der Waals surface area contributed by atoms with Gasteiger partial charge in [0, 0.05) is 43.9 Å². The van der Waals surface area contributed by atoms with E-state index in [1.54, 1.807) is 6.07 Å². The van der Waals surface area contributed by atoms with Crippen LogP contribution in [0.4, 0.5) is 5.69 Å². The van der Waals surface area contributed by atoms with Crippen molar-refractivity contribution < 1.29 is 18.0 Å². The zero-order valence-corrected chi connectivity index (χ0v) is 23.1. The average Bonchev–Trinajstić information content (AvgIpc) is 3.47. The number of carbonyl (C=O) groups is 2. The van der Waals surface area contributed by atoms with Crippen molar-refractivity contribution in [3.63, 3.8) is 0 Å². The molecular formula is C30H32N4O4S. The molecule has 0 saturated carbocycles. The number of benzene rings is 3. The lowest BCUT2D eigenvalue weighted by molar-refractivity contribution is 0.0664. The second-order valence-electron chi connectivity index (χ2n) is 10.7. The molecule has 0 atom stereocenters. The molecular weight excluding hydrogens is 512 g/mol. The van der Waals surface area contributed by atoms with Gasteiger partial charge in [0.25, 0.3) is 5.91 Å². The highest BCUT2D eigenvalue weighted by molar-refractivity contribution is 7.93. The molecule has 2 aliphatic heterocycles. The first-order chi connectivity index (χ1) is 18.7. The Balaban J connectivity index is 1.45. The van der Waals surface area contributed by atoms with Gasteiger partial charge in [-0.1, -0.05) is 24.3 Å². The van der Waals surface area contributed by atoms with Crippen LogP contribution < -0.4 is 10.0 Å². The first-order valence-corrected chi connectivity index (χ1v) is 14.9. The maximum Gasteiger partial charge on any atom is 0.253 e. The lowest BCUT2D eigenvalue weighted by atomic mass is 9.89. The third-order valence-corrected chi connectivity index (χ3v) is 10.2. The van der Waals surface area contributed by atoms with Gasteiger partial charge in [0.05, 0.1) is 11.4 Å². The zero-order valence-electron chi connectivity index (χ0n) is 22.2. The SMILES string of the molecule is Cc1c(-c2ccc(C(N)=O)c3c2-c2ccc(C(=O)N4CCN(C)CC4)cc2C3)cccc1N1CCCS1(=O)=O. The van der Waals surface area contributed by atoms with E-state index in [2.05, 4.69) is 11.9 Å². The summed E-state index contributed by atoms with van der Waals surface area (Å²) < 4.78 is 26.9. The molecule has 0 aromatic heterocycles. The summed E-state index contributed by atoms with van der Waals surface area (Å²) in [7, 11) is -1.27. The molecule has 3 aromatic carbocycles. The summed E-state index contributed by atoms with van der Waals surface area (Å²) in [5.74, 6) is -0.317.